The zero-order chi connectivity index (χ0) is 19.8. The standard InChI is InChI=1S/C20H28N2O5/c1-5-10-21-19(23)13-6-8-14(9-7-13)20(24)22-15-11-16(25-2)18(27-4)17(12-15)26-3/h5,11-14H,1,6-10H2,2-4H3,(H,21,23)(H,22,24). The molecule has 0 atom stereocenters. The van der Waals surface area contributed by atoms with Crippen LogP contribution in [0.1, 0.15) is 25.7 Å². The summed E-state index contributed by atoms with van der Waals surface area (Å²) in [4.78, 5) is 24.7. The summed E-state index contributed by atoms with van der Waals surface area (Å²) in [6.07, 6.45) is 4.44. The molecule has 2 amide bonds. The topological polar surface area (TPSA) is 85.9 Å². The average molecular weight is 376 g/mol. The van der Waals surface area contributed by atoms with Crippen molar-refractivity contribution in [3.05, 3.63) is 24.8 Å². The molecule has 0 radical (unpaired) electrons. The van der Waals surface area contributed by atoms with Gasteiger partial charge < -0.3 is 24.8 Å². The van der Waals surface area contributed by atoms with Crippen LogP contribution < -0.4 is 24.8 Å². The van der Waals surface area contributed by atoms with E-state index in [1.165, 1.54) is 21.3 Å². The van der Waals surface area contributed by atoms with Gasteiger partial charge in [-0.05, 0) is 25.7 Å². The molecule has 2 rings (SSSR count). The highest BCUT2D eigenvalue weighted by molar-refractivity contribution is 5.93. The predicted octanol–water partition coefficient (Wildman–Crippen LogP) is 2.76. The van der Waals surface area contributed by atoms with Crippen molar-refractivity contribution in [3.63, 3.8) is 0 Å². The molecule has 0 heterocycles. The molecule has 0 spiro atoms. The number of ether oxygens (including phenoxy) is 3. The van der Waals surface area contributed by atoms with Gasteiger partial charge >= 0.3 is 0 Å². The summed E-state index contributed by atoms with van der Waals surface area (Å²) in [7, 11) is 4.59. The van der Waals surface area contributed by atoms with E-state index in [0.29, 0.717) is 55.2 Å². The third-order valence-electron chi connectivity index (χ3n) is 4.82. The molecule has 7 heteroatoms. The number of carbonyl (C=O) groups is 2. The number of rotatable bonds is 8. The number of methoxy groups -OCH3 is 3. The van der Waals surface area contributed by atoms with Gasteiger partial charge in [0.05, 0.1) is 21.3 Å². The van der Waals surface area contributed by atoms with E-state index in [4.69, 9.17) is 14.2 Å². The molecule has 0 saturated heterocycles. The first-order valence-corrected chi connectivity index (χ1v) is 9.03. The first kappa shape index (κ1) is 20.6. The van der Waals surface area contributed by atoms with E-state index in [1.807, 2.05) is 0 Å². The van der Waals surface area contributed by atoms with Gasteiger partial charge in [-0.2, -0.15) is 0 Å². The maximum absolute atomic E-state index is 12.6. The van der Waals surface area contributed by atoms with Gasteiger partial charge in [-0.15, -0.1) is 6.58 Å². The number of carbonyl (C=O) groups excluding carboxylic acids is 2. The average Bonchev–Trinajstić information content (AvgIpc) is 2.71. The minimum absolute atomic E-state index is 0.0322. The van der Waals surface area contributed by atoms with Crippen molar-refractivity contribution in [1.82, 2.24) is 5.32 Å². The number of hydrogen-bond acceptors (Lipinski definition) is 5. The lowest BCUT2D eigenvalue weighted by Crippen LogP contribution is -2.35. The van der Waals surface area contributed by atoms with Crippen LogP contribution in [-0.4, -0.2) is 39.7 Å². The Bertz CT molecular complexity index is 656. The minimum Gasteiger partial charge on any atom is -0.493 e. The second-order valence-corrected chi connectivity index (χ2v) is 6.49. The van der Waals surface area contributed by atoms with E-state index in [9.17, 15) is 9.59 Å². The molecule has 0 aromatic heterocycles. The highest BCUT2D eigenvalue weighted by Gasteiger charge is 2.30. The Balaban J connectivity index is 1.98. The SMILES string of the molecule is C=CCNC(=O)C1CCC(C(=O)Nc2cc(OC)c(OC)c(OC)c2)CC1. The summed E-state index contributed by atoms with van der Waals surface area (Å²) >= 11 is 0. The quantitative estimate of drug-likeness (QED) is 0.682. The number of amides is 2. The highest BCUT2D eigenvalue weighted by atomic mass is 16.5. The molecule has 1 aromatic rings. The molecule has 1 aromatic carbocycles. The minimum atomic E-state index is -0.118. The van der Waals surface area contributed by atoms with Gasteiger partial charge in [0.15, 0.2) is 11.5 Å². The van der Waals surface area contributed by atoms with Gasteiger partial charge in [-0.3, -0.25) is 9.59 Å². The number of benzene rings is 1. The Hall–Kier alpha value is -2.70. The third-order valence-corrected chi connectivity index (χ3v) is 4.82. The van der Waals surface area contributed by atoms with Gasteiger partial charge in [-0.25, -0.2) is 0 Å². The second kappa shape index (κ2) is 9.85. The van der Waals surface area contributed by atoms with Crippen LogP contribution in [0.3, 0.4) is 0 Å². The van der Waals surface area contributed by atoms with Crippen LogP contribution in [0.15, 0.2) is 24.8 Å². The Morgan fingerprint density at radius 2 is 1.52 bits per heavy atom. The van der Waals surface area contributed by atoms with Crippen molar-refractivity contribution in [2.75, 3.05) is 33.2 Å². The summed E-state index contributed by atoms with van der Waals surface area (Å²) in [5.74, 6) is 1.27. The summed E-state index contributed by atoms with van der Waals surface area (Å²) in [5.41, 5.74) is 0.584. The van der Waals surface area contributed by atoms with Gasteiger partial charge in [0.2, 0.25) is 17.6 Å². The van der Waals surface area contributed by atoms with Crippen LogP contribution in [-0.2, 0) is 9.59 Å². The zero-order valence-electron chi connectivity index (χ0n) is 16.2. The van der Waals surface area contributed by atoms with Crippen molar-refractivity contribution >= 4 is 17.5 Å². The molecular formula is C20H28N2O5. The highest BCUT2D eigenvalue weighted by Crippen LogP contribution is 2.40. The van der Waals surface area contributed by atoms with Crippen LogP contribution in [0.4, 0.5) is 5.69 Å². The lowest BCUT2D eigenvalue weighted by atomic mass is 9.81. The molecule has 1 saturated carbocycles. The Kier molecular flexibility index (Phi) is 7.52. The van der Waals surface area contributed by atoms with Crippen LogP contribution in [0.2, 0.25) is 0 Å². The van der Waals surface area contributed by atoms with Crippen molar-refractivity contribution < 1.29 is 23.8 Å². The predicted molar refractivity (Wildman–Crippen MR) is 103 cm³/mol. The van der Waals surface area contributed by atoms with E-state index in [2.05, 4.69) is 17.2 Å². The van der Waals surface area contributed by atoms with E-state index in [-0.39, 0.29) is 23.7 Å². The molecule has 2 N–H and O–H groups in total. The number of nitrogens with one attached hydrogen (secondary N) is 2. The first-order valence-electron chi connectivity index (χ1n) is 9.03. The van der Waals surface area contributed by atoms with Crippen molar-refractivity contribution in [2.24, 2.45) is 11.8 Å². The lowest BCUT2D eigenvalue weighted by molar-refractivity contribution is -0.128. The fourth-order valence-electron chi connectivity index (χ4n) is 3.33. The normalized spacial score (nSPS) is 18.9. The maximum Gasteiger partial charge on any atom is 0.227 e. The smallest absolute Gasteiger partial charge is 0.227 e. The number of anilines is 1. The molecule has 7 nitrogen and oxygen atoms in total. The molecule has 148 valence electrons. The molecule has 0 unspecified atom stereocenters. The maximum atomic E-state index is 12.6. The Morgan fingerprint density at radius 1 is 1.00 bits per heavy atom. The Labute approximate surface area is 160 Å². The molecule has 1 fully saturated rings. The molecule has 1 aliphatic carbocycles. The van der Waals surface area contributed by atoms with Gasteiger partial charge in [0, 0.05) is 36.2 Å². The fraction of sp³-hybridized carbons (Fsp3) is 0.500. The third kappa shape index (κ3) is 5.15. The summed E-state index contributed by atoms with van der Waals surface area (Å²) in [5, 5.41) is 5.75. The van der Waals surface area contributed by atoms with Crippen molar-refractivity contribution in [3.8, 4) is 17.2 Å². The van der Waals surface area contributed by atoms with E-state index >= 15 is 0 Å². The van der Waals surface area contributed by atoms with E-state index in [0.717, 1.165) is 0 Å². The van der Waals surface area contributed by atoms with E-state index in [1.54, 1.807) is 18.2 Å². The lowest BCUT2D eigenvalue weighted by Gasteiger charge is -2.27. The van der Waals surface area contributed by atoms with Crippen molar-refractivity contribution in [2.45, 2.75) is 25.7 Å². The monoisotopic (exact) mass is 376 g/mol. The van der Waals surface area contributed by atoms with Gasteiger partial charge in [0.25, 0.3) is 0 Å². The first-order chi connectivity index (χ1) is 13.0. The largest absolute Gasteiger partial charge is 0.493 e. The van der Waals surface area contributed by atoms with Crippen LogP contribution in [0, 0.1) is 11.8 Å². The summed E-state index contributed by atoms with van der Waals surface area (Å²) in [6.45, 7) is 4.07. The van der Waals surface area contributed by atoms with Crippen molar-refractivity contribution in [1.29, 1.82) is 0 Å². The molecule has 0 bridgehead atoms. The molecule has 27 heavy (non-hydrogen) atoms. The Morgan fingerprint density at radius 3 is 1.96 bits per heavy atom. The fourth-order valence-corrected chi connectivity index (χ4v) is 3.33. The zero-order valence-corrected chi connectivity index (χ0v) is 16.2. The van der Waals surface area contributed by atoms with Crippen LogP contribution in [0.25, 0.3) is 0 Å². The molecule has 0 aliphatic heterocycles. The van der Waals surface area contributed by atoms with Gasteiger partial charge in [0.1, 0.15) is 0 Å². The summed E-state index contributed by atoms with van der Waals surface area (Å²) < 4.78 is 15.9. The van der Waals surface area contributed by atoms with Gasteiger partial charge in [-0.1, -0.05) is 6.08 Å². The summed E-state index contributed by atoms with van der Waals surface area (Å²) in [6, 6.07) is 3.40. The van der Waals surface area contributed by atoms with Crippen LogP contribution in [0.5, 0.6) is 17.2 Å². The number of hydrogen-bond donors (Lipinski definition) is 2. The molecule has 1 aliphatic rings. The second-order valence-electron chi connectivity index (χ2n) is 6.49. The van der Waals surface area contributed by atoms with E-state index < -0.39 is 0 Å². The molecular weight excluding hydrogens is 348 g/mol. The van der Waals surface area contributed by atoms with Crippen LogP contribution >= 0.6 is 0 Å².